The number of carbonyl (C=O) groups is 2. The SMILES string of the molecule is O=C(NCCC(=O)N1CCc2sccc2C1)NCCc1ccccc1. The van der Waals surface area contributed by atoms with E-state index in [9.17, 15) is 9.59 Å². The predicted octanol–water partition coefficient (Wildman–Crippen LogP) is 2.56. The van der Waals surface area contributed by atoms with Gasteiger partial charge in [0, 0.05) is 37.5 Å². The summed E-state index contributed by atoms with van der Waals surface area (Å²) in [6.45, 7) is 2.41. The van der Waals surface area contributed by atoms with E-state index in [0.717, 1.165) is 19.4 Å². The van der Waals surface area contributed by atoms with Gasteiger partial charge in [0.1, 0.15) is 0 Å². The number of fused-ring (bicyclic) bond motifs is 1. The average molecular weight is 357 g/mol. The largest absolute Gasteiger partial charge is 0.338 e. The highest BCUT2D eigenvalue weighted by Gasteiger charge is 2.21. The maximum atomic E-state index is 12.3. The van der Waals surface area contributed by atoms with E-state index >= 15 is 0 Å². The van der Waals surface area contributed by atoms with Crippen LogP contribution in [0.4, 0.5) is 4.79 Å². The van der Waals surface area contributed by atoms with Gasteiger partial charge in [-0.3, -0.25) is 4.79 Å². The number of rotatable bonds is 6. The Balaban J connectivity index is 1.31. The molecule has 1 aliphatic heterocycles. The molecule has 0 bridgehead atoms. The number of nitrogens with one attached hydrogen (secondary N) is 2. The van der Waals surface area contributed by atoms with Gasteiger partial charge in [0.25, 0.3) is 0 Å². The van der Waals surface area contributed by atoms with E-state index in [1.54, 1.807) is 11.3 Å². The standard InChI is InChI=1S/C19H23N3O2S/c23-18(22-12-8-17-16(14-22)9-13-25-17)7-11-21-19(24)20-10-6-15-4-2-1-3-5-15/h1-5,9,13H,6-8,10-12,14H2,(H2,20,21,24). The summed E-state index contributed by atoms with van der Waals surface area (Å²) in [5.74, 6) is 0.0986. The molecule has 132 valence electrons. The van der Waals surface area contributed by atoms with E-state index in [2.05, 4.69) is 22.1 Å². The van der Waals surface area contributed by atoms with Crippen molar-refractivity contribution in [2.75, 3.05) is 19.6 Å². The highest BCUT2D eigenvalue weighted by molar-refractivity contribution is 7.10. The highest BCUT2D eigenvalue weighted by Crippen LogP contribution is 2.24. The summed E-state index contributed by atoms with van der Waals surface area (Å²) in [6.07, 6.45) is 2.07. The van der Waals surface area contributed by atoms with Crippen LogP contribution in [-0.4, -0.2) is 36.5 Å². The van der Waals surface area contributed by atoms with Gasteiger partial charge in [0.15, 0.2) is 0 Å². The van der Waals surface area contributed by atoms with Gasteiger partial charge in [-0.2, -0.15) is 0 Å². The molecule has 3 rings (SSSR count). The van der Waals surface area contributed by atoms with Crippen molar-refractivity contribution in [1.29, 1.82) is 0 Å². The molecule has 2 N–H and O–H groups in total. The van der Waals surface area contributed by atoms with Crippen LogP contribution in [0, 0.1) is 0 Å². The lowest BCUT2D eigenvalue weighted by Crippen LogP contribution is -2.40. The number of urea groups is 1. The fourth-order valence-corrected chi connectivity index (χ4v) is 3.82. The first kappa shape index (κ1) is 17.5. The lowest BCUT2D eigenvalue weighted by molar-refractivity contribution is -0.131. The molecule has 1 aliphatic rings. The molecule has 0 atom stereocenters. The van der Waals surface area contributed by atoms with Crippen molar-refractivity contribution in [3.63, 3.8) is 0 Å². The lowest BCUT2D eigenvalue weighted by atomic mass is 10.1. The van der Waals surface area contributed by atoms with Crippen LogP contribution < -0.4 is 10.6 Å². The molecule has 0 saturated carbocycles. The van der Waals surface area contributed by atoms with Crippen LogP contribution in [0.3, 0.4) is 0 Å². The Morgan fingerprint density at radius 1 is 1.08 bits per heavy atom. The van der Waals surface area contributed by atoms with Crippen LogP contribution >= 0.6 is 11.3 Å². The maximum Gasteiger partial charge on any atom is 0.314 e. The fraction of sp³-hybridized carbons (Fsp3) is 0.368. The smallest absolute Gasteiger partial charge is 0.314 e. The summed E-state index contributed by atoms with van der Waals surface area (Å²) >= 11 is 1.76. The molecule has 5 nitrogen and oxygen atoms in total. The van der Waals surface area contributed by atoms with Gasteiger partial charge in [-0.25, -0.2) is 4.79 Å². The first-order valence-electron chi connectivity index (χ1n) is 8.61. The minimum atomic E-state index is -0.220. The zero-order valence-corrected chi connectivity index (χ0v) is 15.0. The molecule has 2 heterocycles. The molecule has 0 saturated heterocycles. The Bertz CT molecular complexity index is 714. The van der Waals surface area contributed by atoms with E-state index in [0.29, 0.717) is 26.1 Å². The van der Waals surface area contributed by atoms with Crippen molar-refractivity contribution in [3.05, 3.63) is 57.8 Å². The quantitative estimate of drug-likeness (QED) is 0.835. The molecular formula is C19H23N3O2S. The van der Waals surface area contributed by atoms with Crippen LogP contribution in [0.1, 0.15) is 22.4 Å². The molecule has 0 unspecified atom stereocenters. The molecule has 0 aliphatic carbocycles. The molecule has 0 fully saturated rings. The Morgan fingerprint density at radius 2 is 1.88 bits per heavy atom. The molecule has 25 heavy (non-hydrogen) atoms. The monoisotopic (exact) mass is 357 g/mol. The second-order valence-electron chi connectivity index (χ2n) is 6.10. The fourth-order valence-electron chi connectivity index (χ4n) is 2.93. The molecule has 6 heteroatoms. The number of carbonyl (C=O) groups excluding carboxylic acids is 2. The third kappa shape index (κ3) is 5.06. The van der Waals surface area contributed by atoms with Gasteiger partial charge in [-0.15, -0.1) is 11.3 Å². The first-order chi connectivity index (χ1) is 12.2. The second-order valence-corrected chi connectivity index (χ2v) is 7.10. The highest BCUT2D eigenvalue weighted by atomic mass is 32.1. The minimum absolute atomic E-state index is 0.0986. The van der Waals surface area contributed by atoms with Crippen LogP contribution in [0.25, 0.3) is 0 Å². The topological polar surface area (TPSA) is 61.4 Å². The van der Waals surface area contributed by atoms with Crippen LogP contribution in [0.15, 0.2) is 41.8 Å². The van der Waals surface area contributed by atoms with Crippen LogP contribution in [0.2, 0.25) is 0 Å². The second kappa shape index (κ2) is 8.67. The van der Waals surface area contributed by atoms with E-state index in [-0.39, 0.29) is 11.9 Å². The van der Waals surface area contributed by atoms with Gasteiger partial charge in [-0.05, 0) is 35.4 Å². The summed E-state index contributed by atoms with van der Waals surface area (Å²) < 4.78 is 0. The third-order valence-corrected chi connectivity index (χ3v) is 5.35. The lowest BCUT2D eigenvalue weighted by Gasteiger charge is -2.27. The number of benzene rings is 1. The van der Waals surface area contributed by atoms with Gasteiger partial charge in [-0.1, -0.05) is 30.3 Å². The van der Waals surface area contributed by atoms with Crippen LogP contribution in [0.5, 0.6) is 0 Å². The first-order valence-corrected chi connectivity index (χ1v) is 9.49. The molecular weight excluding hydrogens is 334 g/mol. The molecule has 1 aromatic heterocycles. The third-order valence-electron chi connectivity index (χ3n) is 4.33. The zero-order chi connectivity index (χ0) is 17.5. The maximum absolute atomic E-state index is 12.3. The molecule has 1 aromatic carbocycles. The number of hydrogen-bond donors (Lipinski definition) is 2. The molecule has 2 aromatic rings. The Labute approximate surface area is 152 Å². The van der Waals surface area contributed by atoms with Crippen molar-refractivity contribution in [2.24, 2.45) is 0 Å². The zero-order valence-electron chi connectivity index (χ0n) is 14.2. The average Bonchev–Trinajstić information content (AvgIpc) is 3.10. The van der Waals surface area contributed by atoms with Crippen molar-refractivity contribution in [2.45, 2.75) is 25.8 Å². The van der Waals surface area contributed by atoms with Gasteiger partial charge in [0.2, 0.25) is 5.91 Å². The van der Waals surface area contributed by atoms with Crippen LogP contribution in [-0.2, 0) is 24.2 Å². The Kier molecular flexibility index (Phi) is 6.06. The molecule has 0 spiro atoms. The van der Waals surface area contributed by atoms with Gasteiger partial charge >= 0.3 is 6.03 Å². The summed E-state index contributed by atoms with van der Waals surface area (Å²) in [5, 5.41) is 7.66. The van der Waals surface area contributed by atoms with Crippen molar-refractivity contribution in [3.8, 4) is 0 Å². The van der Waals surface area contributed by atoms with Crippen molar-refractivity contribution >= 4 is 23.3 Å². The molecule has 3 amide bonds. The van der Waals surface area contributed by atoms with Crippen molar-refractivity contribution in [1.82, 2.24) is 15.5 Å². The summed E-state index contributed by atoms with van der Waals surface area (Å²) in [6, 6.07) is 11.9. The van der Waals surface area contributed by atoms with Gasteiger partial charge < -0.3 is 15.5 Å². The van der Waals surface area contributed by atoms with E-state index < -0.39 is 0 Å². The summed E-state index contributed by atoms with van der Waals surface area (Å²) in [4.78, 5) is 27.3. The summed E-state index contributed by atoms with van der Waals surface area (Å²) in [7, 11) is 0. The number of amides is 3. The Morgan fingerprint density at radius 3 is 2.72 bits per heavy atom. The van der Waals surface area contributed by atoms with Gasteiger partial charge in [0.05, 0.1) is 0 Å². The number of nitrogens with zero attached hydrogens (tertiary/aromatic N) is 1. The van der Waals surface area contributed by atoms with E-state index in [4.69, 9.17) is 0 Å². The van der Waals surface area contributed by atoms with E-state index in [1.807, 2.05) is 35.2 Å². The minimum Gasteiger partial charge on any atom is -0.338 e. The Hall–Kier alpha value is -2.34. The van der Waals surface area contributed by atoms with Crippen molar-refractivity contribution < 1.29 is 9.59 Å². The molecule has 0 radical (unpaired) electrons. The number of thiophene rings is 1. The number of hydrogen-bond acceptors (Lipinski definition) is 3. The normalized spacial score (nSPS) is 13.2. The predicted molar refractivity (Wildman–Crippen MR) is 99.6 cm³/mol. The summed E-state index contributed by atoms with van der Waals surface area (Å²) in [5.41, 5.74) is 2.45. The van der Waals surface area contributed by atoms with E-state index in [1.165, 1.54) is 16.0 Å².